The molecule has 2 aromatic rings. The Balaban J connectivity index is 1.73. The average molecular weight is 371 g/mol. The normalized spacial score (nSPS) is 17.9. The minimum absolute atomic E-state index is 0.594. The summed E-state index contributed by atoms with van der Waals surface area (Å²) in [6.07, 6.45) is 0. The second-order valence-electron chi connectivity index (χ2n) is 6.73. The maximum absolute atomic E-state index is 5.47. The van der Waals surface area contributed by atoms with Crippen molar-refractivity contribution in [3.8, 4) is 11.5 Å². The van der Waals surface area contributed by atoms with Crippen LogP contribution in [0.5, 0.6) is 0 Å². The molecule has 9 nitrogen and oxygen atoms in total. The van der Waals surface area contributed by atoms with Gasteiger partial charge in [0.2, 0.25) is 11.9 Å². The first-order valence-electron chi connectivity index (χ1n) is 9.27. The number of nitrogens with zero attached hydrogens (tertiary/aromatic N) is 7. The van der Waals surface area contributed by atoms with E-state index in [2.05, 4.69) is 9.80 Å². The Kier molecular flexibility index (Phi) is 5.30. The van der Waals surface area contributed by atoms with Crippen molar-refractivity contribution in [2.75, 3.05) is 81.4 Å². The molecule has 0 saturated carbocycles. The zero-order valence-corrected chi connectivity index (χ0v) is 15.8. The highest BCUT2D eigenvalue weighted by Gasteiger charge is 2.21. The Hall–Kier alpha value is -2.52. The van der Waals surface area contributed by atoms with Gasteiger partial charge in [-0.15, -0.1) is 0 Å². The van der Waals surface area contributed by atoms with Crippen LogP contribution in [0.2, 0.25) is 0 Å². The van der Waals surface area contributed by atoms with Crippen LogP contribution in [0.4, 0.5) is 17.7 Å². The minimum atomic E-state index is 0.594. The van der Waals surface area contributed by atoms with Crippen molar-refractivity contribution < 1.29 is 9.47 Å². The Morgan fingerprint density at radius 2 is 1.33 bits per heavy atom. The summed E-state index contributed by atoms with van der Waals surface area (Å²) in [5.74, 6) is 2.83. The number of hydrogen-bond donors (Lipinski definition) is 0. The third-order valence-corrected chi connectivity index (χ3v) is 4.62. The van der Waals surface area contributed by atoms with Gasteiger partial charge in [0.25, 0.3) is 0 Å². The highest BCUT2D eigenvalue weighted by Crippen LogP contribution is 2.23. The Bertz CT molecular complexity index is 738. The molecule has 0 aromatic carbocycles. The summed E-state index contributed by atoms with van der Waals surface area (Å²) in [7, 11) is 3.94. The van der Waals surface area contributed by atoms with Crippen LogP contribution in [0.15, 0.2) is 18.2 Å². The lowest BCUT2D eigenvalue weighted by Gasteiger charge is -2.30. The average Bonchev–Trinajstić information content (AvgIpc) is 2.75. The SMILES string of the molecule is CN(C)c1cccc(-c2nc(N3CCOCC3)nc(N3CCOCC3)n2)n1. The molecule has 0 unspecified atom stereocenters. The summed E-state index contributed by atoms with van der Waals surface area (Å²) in [6, 6.07) is 5.88. The van der Waals surface area contributed by atoms with E-state index in [-0.39, 0.29) is 0 Å². The quantitative estimate of drug-likeness (QED) is 0.770. The summed E-state index contributed by atoms with van der Waals surface area (Å²) in [5.41, 5.74) is 0.743. The molecule has 144 valence electrons. The molecule has 0 N–H and O–H groups in total. The lowest BCUT2D eigenvalue weighted by Crippen LogP contribution is -2.40. The summed E-state index contributed by atoms with van der Waals surface area (Å²) >= 11 is 0. The van der Waals surface area contributed by atoms with Crippen LogP contribution in [0.1, 0.15) is 0 Å². The van der Waals surface area contributed by atoms with Gasteiger partial charge in [-0.2, -0.15) is 15.0 Å². The predicted molar refractivity (Wildman–Crippen MR) is 103 cm³/mol. The van der Waals surface area contributed by atoms with Crippen molar-refractivity contribution in [3.05, 3.63) is 18.2 Å². The lowest BCUT2D eigenvalue weighted by atomic mass is 10.3. The third kappa shape index (κ3) is 4.09. The van der Waals surface area contributed by atoms with Crippen LogP contribution in [0, 0.1) is 0 Å². The number of ether oxygens (including phenoxy) is 2. The molecule has 0 atom stereocenters. The molecule has 2 fully saturated rings. The van der Waals surface area contributed by atoms with Crippen molar-refractivity contribution in [1.29, 1.82) is 0 Å². The maximum atomic E-state index is 5.47. The molecule has 0 amide bonds. The number of anilines is 3. The van der Waals surface area contributed by atoms with Gasteiger partial charge < -0.3 is 24.2 Å². The van der Waals surface area contributed by atoms with Crippen LogP contribution in [0.3, 0.4) is 0 Å². The van der Waals surface area contributed by atoms with Crippen LogP contribution >= 0.6 is 0 Å². The van der Waals surface area contributed by atoms with Crippen molar-refractivity contribution in [1.82, 2.24) is 19.9 Å². The monoisotopic (exact) mass is 371 g/mol. The van der Waals surface area contributed by atoms with Gasteiger partial charge in [-0.25, -0.2) is 4.98 Å². The number of morpholine rings is 2. The summed E-state index contributed by atoms with van der Waals surface area (Å²) in [4.78, 5) is 25.2. The fourth-order valence-electron chi connectivity index (χ4n) is 3.07. The highest BCUT2D eigenvalue weighted by atomic mass is 16.5. The molecule has 2 aliphatic rings. The van der Waals surface area contributed by atoms with E-state index in [1.54, 1.807) is 0 Å². The number of pyridine rings is 1. The summed E-state index contributed by atoms with van der Waals surface area (Å²) in [5, 5.41) is 0. The van der Waals surface area contributed by atoms with E-state index >= 15 is 0 Å². The standard InChI is InChI=1S/C18H25N7O2/c1-23(2)15-5-3-4-14(19-15)16-20-17(24-6-10-26-11-7-24)22-18(21-16)25-8-12-27-13-9-25/h3-5H,6-13H2,1-2H3. The second-order valence-corrected chi connectivity index (χ2v) is 6.73. The van der Waals surface area contributed by atoms with E-state index < -0.39 is 0 Å². The van der Waals surface area contributed by atoms with Crippen molar-refractivity contribution >= 4 is 17.7 Å². The molecule has 2 aromatic heterocycles. The first-order chi connectivity index (χ1) is 13.2. The van der Waals surface area contributed by atoms with E-state index in [9.17, 15) is 0 Å². The molecule has 0 bridgehead atoms. The van der Waals surface area contributed by atoms with Gasteiger partial charge in [0.15, 0.2) is 5.82 Å². The predicted octanol–water partition coefficient (Wildman–Crippen LogP) is 0.673. The second kappa shape index (κ2) is 8.01. The minimum Gasteiger partial charge on any atom is -0.378 e. The molecular weight excluding hydrogens is 346 g/mol. The van der Waals surface area contributed by atoms with Gasteiger partial charge in [0.1, 0.15) is 11.5 Å². The molecule has 4 heterocycles. The molecule has 2 saturated heterocycles. The molecular formula is C18H25N7O2. The van der Waals surface area contributed by atoms with Crippen molar-refractivity contribution in [3.63, 3.8) is 0 Å². The molecule has 9 heteroatoms. The summed E-state index contributed by atoms with van der Waals surface area (Å²) in [6.45, 7) is 5.83. The zero-order valence-electron chi connectivity index (χ0n) is 15.8. The largest absolute Gasteiger partial charge is 0.378 e. The van der Waals surface area contributed by atoms with Gasteiger partial charge in [-0.05, 0) is 12.1 Å². The number of hydrogen-bond acceptors (Lipinski definition) is 9. The fraction of sp³-hybridized carbons (Fsp3) is 0.556. The van der Waals surface area contributed by atoms with E-state index in [4.69, 9.17) is 29.4 Å². The van der Waals surface area contributed by atoms with Crippen molar-refractivity contribution in [2.45, 2.75) is 0 Å². The first kappa shape index (κ1) is 17.9. The molecule has 2 aliphatic heterocycles. The van der Waals surface area contributed by atoms with Gasteiger partial charge >= 0.3 is 0 Å². The third-order valence-electron chi connectivity index (χ3n) is 4.62. The van der Waals surface area contributed by atoms with Crippen LogP contribution in [-0.4, -0.2) is 86.6 Å². The van der Waals surface area contributed by atoms with Crippen LogP contribution in [0.25, 0.3) is 11.5 Å². The Labute approximate surface area is 159 Å². The topological polar surface area (TPSA) is 79.7 Å². The van der Waals surface area contributed by atoms with Crippen LogP contribution < -0.4 is 14.7 Å². The van der Waals surface area contributed by atoms with E-state index in [0.29, 0.717) is 44.1 Å². The highest BCUT2D eigenvalue weighted by molar-refractivity contribution is 5.57. The molecule has 27 heavy (non-hydrogen) atoms. The molecule has 0 aliphatic carbocycles. The summed E-state index contributed by atoms with van der Waals surface area (Å²) < 4.78 is 10.9. The Morgan fingerprint density at radius 3 is 1.85 bits per heavy atom. The molecule has 0 spiro atoms. The lowest BCUT2D eigenvalue weighted by molar-refractivity contribution is 0.121. The molecule has 4 rings (SSSR count). The fourth-order valence-corrected chi connectivity index (χ4v) is 3.07. The van der Waals surface area contributed by atoms with E-state index in [0.717, 1.165) is 37.7 Å². The van der Waals surface area contributed by atoms with Gasteiger partial charge in [-0.3, -0.25) is 0 Å². The van der Waals surface area contributed by atoms with Gasteiger partial charge in [-0.1, -0.05) is 6.07 Å². The Morgan fingerprint density at radius 1 is 0.778 bits per heavy atom. The van der Waals surface area contributed by atoms with E-state index in [1.807, 2.05) is 37.2 Å². The molecule has 0 radical (unpaired) electrons. The van der Waals surface area contributed by atoms with Gasteiger partial charge in [0.05, 0.1) is 26.4 Å². The zero-order chi connectivity index (χ0) is 18.6. The van der Waals surface area contributed by atoms with Crippen molar-refractivity contribution in [2.24, 2.45) is 0 Å². The smallest absolute Gasteiger partial charge is 0.230 e. The van der Waals surface area contributed by atoms with Crippen LogP contribution in [-0.2, 0) is 9.47 Å². The first-order valence-corrected chi connectivity index (χ1v) is 9.27. The number of aromatic nitrogens is 4. The maximum Gasteiger partial charge on any atom is 0.230 e. The number of rotatable bonds is 4. The van der Waals surface area contributed by atoms with Gasteiger partial charge in [0, 0.05) is 40.3 Å². The van der Waals surface area contributed by atoms with E-state index in [1.165, 1.54) is 0 Å².